The van der Waals surface area contributed by atoms with Crippen LogP contribution in [0.2, 0.25) is 0 Å². The van der Waals surface area contributed by atoms with E-state index in [0.29, 0.717) is 0 Å². The monoisotopic (exact) mass is 1100 g/mol. The van der Waals surface area contributed by atoms with Gasteiger partial charge in [0.1, 0.15) is 0 Å². The van der Waals surface area contributed by atoms with Gasteiger partial charge < -0.3 is 15.1 Å². The fourth-order valence-electron chi connectivity index (χ4n) is 11.3. The van der Waals surface area contributed by atoms with Crippen LogP contribution in [0.4, 0.5) is 0 Å². The number of fused-ring (bicyclic) bond motifs is 8. The predicted octanol–water partition coefficient (Wildman–Crippen LogP) is 17.7. The van der Waals surface area contributed by atoms with Crippen molar-refractivity contribution in [2.75, 3.05) is 0 Å². The Labute approximate surface area is 431 Å². The summed E-state index contributed by atoms with van der Waals surface area (Å²) in [4.78, 5) is 19.6. The van der Waals surface area contributed by atoms with Gasteiger partial charge in [0.2, 0.25) is 0 Å². The molecule has 1 N–H and O–H groups in total. The number of benzene rings is 6. The SMILES string of the molecule is CC(=O)/C=C(/C)O.CCCCC1(CCCC)c2ccccc2-c2c[c-]c(-c3nccc4ccccc34)cc21.CCCCC1(CCCC)c2ccccc2-c2c[c-]c(-c3nccc4ccccc34)cc21.[Ir]. The van der Waals surface area contributed by atoms with Gasteiger partial charge in [-0.2, -0.15) is 0 Å². The zero-order valence-corrected chi connectivity index (χ0v) is 44.4. The molecule has 0 bridgehead atoms. The van der Waals surface area contributed by atoms with Gasteiger partial charge in [0.15, 0.2) is 5.78 Å². The molecule has 2 heterocycles. The summed E-state index contributed by atoms with van der Waals surface area (Å²) in [7, 11) is 0. The Morgan fingerprint density at radius 3 is 1.24 bits per heavy atom. The van der Waals surface area contributed by atoms with Crippen LogP contribution in [0.1, 0.15) is 141 Å². The van der Waals surface area contributed by atoms with Crippen LogP contribution in [0.25, 0.3) is 66.3 Å². The number of carbonyl (C=O) groups is 1. The van der Waals surface area contributed by atoms with Crippen molar-refractivity contribution in [3.8, 4) is 44.8 Å². The second-order valence-corrected chi connectivity index (χ2v) is 19.2. The predicted molar refractivity (Wildman–Crippen MR) is 290 cm³/mol. The number of nitrogens with zero attached hydrogens (tertiary/aromatic N) is 2. The van der Waals surface area contributed by atoms with Crippen molar-refractivity contribution in [3.05, 3.63) is 192 Å². The van der Waals surface area contributed by atoms with Crippen LogP contribution >= 0.6 is 0 Å². The summed E-state index contributed by atoms with van der Waals surface area (Å²) < 4.78 is 0. The van der Waals surface area contributed by atoms with Crippen molar-refractivity contribution in [1.29, 1.82) is 0 Å². The number of hydrogen-bond donors (Lipinski definition) is 1. The molecule has 0 saturated carbocycles. The number of unbranched alkanes of at least 4 members (excludes halogenated alkanes) is 4. The average Bonchev–Trinajstić information content (AvgIpc) is 3.81. The molecule has 70 heavy (non-hydrogen) atoms. The molecule has 0 aliphatic heterocycles. The molecule has 361 valence electrons. The Morgan fingerprint density at radius 1 is 0.514 bits per heavy atom. The van der Waals surface area contributed by atoms with Gasteiger partial charge in [-0.3, -0.25) is 4.79 Å². The molecule has 0 saturated heterocycles. The first-order valence-electron chi connectivity index (χ1n) is 25.6. The summed E-state index contributed by atoms with van der Waals surface area (Å²) in [6.07, 6.45) is 19.7. The number of aliphatic hydroxyl groups excluding tert-OH is 1. The third-order valence-electron chi connectivity index (χ3n) is 14.5. The molecule has 0 atom stereocenters. The van der Waals surface area contributed by atoms with Crippen LogP contribution in [0.15, 0.2) is 158 Å². The number of aliphatic hydroxyl groups is 1. The normalized spacial score (nSPS) is 13.4. The standard InChI is InChI=1S/2C30H30N.C5H8O2.Ir/c2*1-3-5-18-30(19-6-4-2)27-14-10-9-13-25(27)26-16-15-23(21-28(26)30)29-24-12-8-7-11-22(24)17-20-31-29;1-4(6)3-5(2)7;/h2*7-14,16-17,20-21H,3-6,18-19H2,1-2H3;3,6H,1-2H3;/q2*-1;;/b;;4-3-;. The number of carbonyl (C=O) groups excluding carboxylic acids is 1. The average molecular weight is 1100 g/mol. The Morgan fingerprint density at radius 2 is 0.886 bits per heavy atom. The van der Waals surface area contributed by atoms with Crippen LogP contribution in [-0.2, 0) is 35.7 Å². The molecular weight excluding hydrogens is 1030 g/mol. The number of hydrogen-bond acceptors (Lipinski definition) is 4. The molecule has 2 aromatic heterocycles. The Kier molecular flexibility index (Phi) is 17.6. The number of allylic oxidation sites excluding steroid dienone is 2. The molecule has 10 rings (SSSR count). The van der Waals surface area contributed by atoms with Gasteiger partial charge in [-0.1, -0.05) is 198 Å². The topological polar surface area (TPSA) is 63.1 Å². The van der Waals surface area contributed by atoms with Crippen LogP contribution in [0.3, 0.4) is 0 Å². The maximum atomic E-state index is 10.0. The summed E-state index contributed by atoms with van der Waals surface area (Å²) in [5.41, 5.74) is 16.0. The molecule has 0 spiro atoms. The zero-order chi connectivity index (χ0) is 48.4. The minimum atomic E-state index is -0.125. The molecule has 8 aromatic rings. The number of aromatic nitrogens is 2. The third kappa shape index (κ3) is 10.5. The van der Waals surface area contributed by atoms with Crippen molar-refractivity contribution in [2.45, 2.75) is 129 Å². The molecule has 0 fully saturated rings. The van der Waals surface area contributed by atoms with Crippen molar-refractivity contribution < 1.29 is 30.0 Å². The quantitative estimate of drug-likeness (QED) is 0.0631. The van der Waals surface area contributed by atoms with Crippen molar-refractivity contribution in [1.82, 2.24) is 9.97 Å². The second-order valence-electron chi connectivity index (χ2n) is 19.2. The van der Waals surface area contributed by atoms with E-state index in [4.69, 9.17) is 15.1 Å². The molecule has 6 aromatic carbocycles. The number of rotatable bonds is 15. The molecule has 1 radical (unpaired) electrons. The largest absolute Gasteiger partial charge is 0.512 e. The molecule has 0 amide bonds. The van der Waals surface area contributed by atoms with Gasteiger partial charge in [0.05, 0.1) is 5.76 Å². The van der Waals surface area contributed by atoms with Crippen LogP contribution in [-0.4, -0.2) is 20.9 Å². The van der Waals surface area contributed by atoms with Gasteiger partial charge in [-0.25, -0.2) is 0 Å². The van der Waals surface area contributed by atoms with Gasteiger partial charge in [0.25, 0.3) is 0 Å². The molecule has 2 aliphatic rings. The van der Waals surface area contributed by atoms with E-state index in [1.165, 1.54) is 163 Å². The Balaban J connectivity index is 0.000000180. The second kappa shape index (κ2) is 23.7. The van der Waals surface area contributed by atoms with Crippen molar-refractivity contribution >= 4 is 27.3 Å². The first kappa shape index (κ1) is 51.8. The zero-order valence-electron chi connectivity index (χ0n) is 42.0. The first-order chi connectivity index (χ1) is 33.7. The summed E-state index contributed by atoms with van der Waals surface area (Å²) in [6.45, 7) is 12.1. The van der Waals surface area contributed by atoms with Crippen molar-refractivity contribution in [2.24, 2.45) is 0 Å². The maximum Gasteiger partial charge on any atom is 0.155 e. The van der Waals surface area contributed by atoms with Crippen LogP contribution in [0, 0.1) is 12.1 Å². The molecular formula is C65H68IrN2O2-2. The maximum absolute atomic E-state index is 10.0. The Bertz CT molecular complexity index is 2870. The van der Waals surface area contributed by atoms with E-state index in [2.05, 4.69) is 173 Å². The summed E-state index contributed by atoms with van der Waals surface area (Å²) in [5, 5.41) is 13.2. The summed E-state index contributed by atoms with van der Waals surface area (Å²) in [5.74, 6) is -0.0625. The molecule has 5 heteroatoms. The Hall–Kier alpha value is -6.00. The van der Waals surface area contributed by atoms with E-state index in [1.54, 1.807) is 0 Å². The third-order valence-corrected chi connectivity index (χ3v) is 14.5. The van der Waals surface area contributed by atoms with Gasteiger partial charge in [-0.05, 0) is 95.7 Å². The van der Waals surface area contributed by atoms with Crippen molar-refractivity contribution in [3.63, 3.8) is 0 Å². The van der Waals surface area contributed by atoms with E-state index in [0.717, 1.165) is 22.5 Å². The van der Waals surface area contributed by atoms with E-state index in [1.807, 2.05) is 12.4 Å². The fraction of sp³-hybridized carbons (Fsp3) is 0.308. The number of ketones is 1. The molecule has 0 unspecified atom stereocenters. The smallest absolute Gasteiger partial charge is 0.155 e. The number of pyridine rings is 2. The van der Waals surface area contributed by atoms with E-state index in [9.17, 15) is 4.79 Å². The minimum absolute atomic E-state index is 0. The van der Waals surface area contributed by atoms with E-state index >= 15 is 0 Å². The van der Waals surface area contributed by atoms with Gasteiger partial charge >= 0.3 is 0 Å². The first-order valence-corrected chi connectivity index (χ1v) is 25.6. The van der Waals surface area contributed by atoms with Crippen LogP contribution < -0.4 is 0 Å². The summed E-state index contributed by atoms with van der Waals surface area (Å²) >= 11 is 0. The van der Waals surface area contributed by atoms with Gasteiger partial charge in [0, 0.05) is 49.4 Å². The molecule has 4 nitrogen and oxygen atoms in total. The molecule has 2 aliphatic carbocycles. The van der Waals surface area contributed by atoms with E-state index in [-0.39, 0.29) is 42.5 Å². The van der Waals surface area contributed by atoms with E-state index < -0.39 is 0 Å². The summed E-state index contributed by atoms with van der Waals surface area (Å²) in [6, 6.07) is 55.9. The van der Waals surface area contributed by atoms with Gasteiger partial charge in [-0.15, -0.1) is 58.7 Å². The minimum Gasteiger partial charge on any atom is -0.512 e. The van der Waals surface area contributed by atoms with Crippen LogP contribution in [0.5, 0.6) is 0 Å². The fourth-order valence-corrected chi connectivity index (χ4v) is 11.3.